The number of nitrogens with one attached hydrogen (secondary N) is 1. The Kier molecular flexibility index (Phi) is 3.30. The number of primary amides is 1. The van der Waals surface area contributed by atoms with Crippen molar-refractivity contribution in [2.45, 2.75) is 0 Å². The molecule has 0 radical (unpaired) electrons. The van der Waals surface area contributed by atoms with Gasteiger partial charge in [0.25, 0.3) is 5.91 Å². The fraction of sp³-hybridized carbons (Fsp3) is 0. The number of aromatic amines is 1. The summed E-state index contributed by atoms with van der Waals surface area (Å²) in [5.41, 5.74) is 7.06. The molecule has 3 aromatic rings. The number of aromatic nitrogens is 4. The van der Waals surface area contributed by atoms with E-state index >= 15 is 0 Å². The highest BCUT2D eigenvalue weighted by atomic mass is 16.5. The number of amides is 1. The van der Waals surface area contributed by atoms with Crippen LogP contribution in [0.2, 0.25) is 0 Å². The summed E-state index contributed by atoms with van der Waals surface area (Å²) in [5.74, 6) is 0.00225. The van der Waals surface area contributed by atoms with E-state index in [1.54, 1.807) is 18.3 Å². The van der Waals surface area contributed by atoms with Gasteiger partial charge in [-0.3, -0.25) is 9.89 Å². The van der Waals surface area contributed by atoms with Gasteiger partial charge in [-0.15, -0.1) is 0 Å². The van der Waals surface area contributed by atoms with Crippen molar-refractivity contribution in [1.82, 2.24) is 20.2 Å². The van der Waals surface area contributed by atoms with E-state index in [1.165, 1.54) is 12.5 Å². The molecule has 0 unspecified atom stereocenters. The zero-order valence-corrected chi connectivity index (χ0v) is 10.9. The van der Waals surface area contributed by atoms with Gasteiger partial charge in [0.15, 0.2) is 0 Å². The first-order valence-corrected chi connectivity index (χ1v) is 6.12. The molecule has 3 N–H and O–H groups in total. The number of benzene rings is 1. The summed E-state index contributed by atoms with van der Waals surface area (Å²) in [7, 11) is 0. The van der Waals surface area contributed by atoms with Crippen LogP contribution in [-0.4, -0.2) is 26.1 Å². The molecule has 2 heterocycles. The quantitative estimate of drug-likeness (QED) is 0.757. The molecule has 0 bridgehead atoms. The van der Waals surface area contributed by atoms with Gasteiger partial charge in [0.1, 0.15) is 17.6 Å². The van der Waals surface area contributed by atoms with Crippen LogP contribution >= 0.6 is 0 Å². The average molecular weight is 281 g/mol. The molecule has 0 saturated heterocycles. The van der Waals surface area contributed by atoms with Crippen LogP contribution in [0.4, 0.5) is 0 Å². The second kappa shape index (κ2) is 5.41. The predicted molar refractivity (Wildman–Crippen MR) is 74.6 cm³/mol. The maximum Gasteiger partial charge on any atom is 0.255 e. The summed E-state index contributed by atoms with van der Waals surface area (Å²) in [4.78, 5) is 19.0. The molecule has 0 atom stereocenters. The Balaban J connectivity index is 1.93. The maximum atomic E-state index is 11.3. The molecular formula is C14H11N5O2. The Morgan fingerprint density at radius 1 is 1.29 bits per heavy atom. The van der Waals surface area contributed by atoms with Crippen molar-refractivity contribution in [3.8, 4) is 22.9 Å². The highest BCUT2D eigenvalue weighted by Gasteiger charge is 2.12. The monoisotopic (exact) mass is 281 g/mol. The number of carbonyl (C=O) groups excluding carboxylic acids is 1. The summed E-state index contributed by atoms with van der Waals surface area (Å²) >= 11 is 0. The van der Waals surface area contributed by atoms with Crippen LogP contribution in [0.25, 0.3) is 11.3 Å². The van der Waals surface area contributed by atoms with Gasteiger partial charge in [-0.2, -0.15) is 5.10 Å². The zero-order chi connectivity index (χ0) is 14.7. The molecule has 0 saturated carbocycles. The van der Waals surface area contributed by atoms with Gasteiger partial charge in [0.05, 0.1) is 5.69 Å². The molecule has 0 fully saturated rings. The van der Waals surface area contributed by atoms with Crippen molar-refractivity contribution < 1.29 is 9.53 Å². The van der Waals surface area contributed by atoms with Crippen molar-refractivity contribution in [3.63, 3.8) is 0 Å². The maximum absolute atomic E-state index is 11.3. The number of rotatable bonds is 4. The second-order valence-electron chi connectivity index (χ2n) is 4.20. The summed E-state index contributed by atoms with van der Waals surface area (Å²) in [6.07, 6.45) is 4.35. The fourth-order valence-electron chi connectivity index (χ4n) is 1.82. The number of hydrogen-bond donors (Lipinski definition) is 2. The van der Waals surface area contributed by atoms with E-state index in [2.05, 4.69) is 20.2 Å². The third-order valence-electron chi connectivity index (χ3n) is 2.79. The average Bonchev–Trinajstić information content (AvgIpc) is 3.02. The van der Waals surface area contributed by atoms with E-state index in [9.17, 15) is 4.79 Å². The van der Waals surface area contributed by atoms with Crippen LogP contribution in [0.3, 0.4) is 0 Å². The van der Waals surface area contributed by atoms with E-state index in [1.807, 2.05) is 18.2 Å². The Labute approximate surface area is 119 Å². The minimum atomic E-state index is -0.644. The molecule has 2 aromatic heterocycles. The van der Waals surface area contributed by atoms with Crippen LogP contribution in [-0.2, 0) is 0 Å². The Bertz CT molecular complexity index is 771. The molecule has 21 heavy (non-hydrogen) atoms. The van der Waals surface area contributed by atoms with Crippen molar-refractivity contribution in [2.75, 3.05) is 0 Å². The zero-order valence-electron chi connectivity index (χ0n) is 10.9. The van der Waals surface area contributed by atoms with Gasteiger partial charge in [-0.25, -0.2) is 9.97 Å². The van der Waals surface area contributed by atoms with Crippen LogP contribution in [0, 0.1) is 0 Å². The molecule has 104 valence electrons. The standard InChI is InChI=1S/C14H11N5O2/c15-13(20)11-7-16-8-17-14(11)21-10-3-1-2-9(6-10)12-4-5-18-19-12/h1-8H,(H2,15,20)(H,18,19). The van der Waals surface area contributed by atoms with E-state index in [4.69, 9.17) is 10.5 Å². The Morgan fingerprint density at radius 3 is 2.95 bits per heavy atom. The molecule has 1 amide bonds. The van der Waals surface area contributed by atoms with Crippen LogP contribution < -0.4 is 10.5 Å². The first kappa shape index (κ1) is 12.8. The summed E-state index contributed by atoms with van der Waals surface area (Å²) in [6.45, 7) is 0. The van der Waals surface area contributed by atoms with Crippen molar-refractivity contribution in [3.05, 3.63) is 54.6 Å². The van der Waals surface area contributed by atoms with Gasteiger partial charge < -0.3 is 10.5 Å². The SMILES string of the molecule is NC(=O)c1cncnc1Oc1cccc(-c2cc[nH]n2)c1. The third-order valence-corrected chi connectivity index (χ3v) is 2.79. The molecule has 0 aliphatic heterocycles. The third kappa shape index (κ3) is 2.71. The van der Waals surface area contributed by atoms with E-state index in [-0.39, 0.29) is 11.4 Å². The number of H-pyrrole nitrogens is 1. The first-order chi connectivity index (χ1) is 10.2. The first-order valence-electron chi connectivity index (χ1n) is 6.12. The van der Waals surface area contributed by atoms with Gasteiger partial charge in [0.2, 0.25) is 5.88 Å². The Hall–Kier alpha value is -3.22. The van der Waals surface area contributed by atoms with Crippen LogP contribution in [0.15, 0.2) is 49.1 Å². The molecule has 7 heteroatoms. The summed E-state index contributed by atoms with van der Waals surface area (Å²) in [6, 6.07) is 9.12. The lowest BCUT2D eigenvalue weighted by Crippen LogP contribution is -2.13. The Morgan fingerprint density at radius 2 is 2.19 bits per heavy atom. The number of nitrogens with two attached hydrogens (primary N) is 1. The van der Waals surface area contributed by atoms with E-state index < -0.39 is 5.91 Å². The van der Waals surface area contributed by atoms with Crippen LogP contribution in [0.1, 0.15) is 10.4 Å². The molecular weight excluding hydrogens is 270 g/mol. The molecule has 7 nitrogen and oxygen atoms in total. The minimum Gasteiger partial charge on any atom is -0.438 e. The fourth-order valence-corrected chi connectivity index (χ4v) is 1.82. The normalized spacial score (nSPS) is 10.3. The van der Waals surface area contributed by atoms with Crippen molar-refractivity contribution in [1.29, 1.82) is 0 Å². The van der Waals surface area contributed by atoms with E-state index in [0.29, 0.717) is 5.75 Å². The number of nitrogens with zero attached hydrogens (tertiary/aromatic N) is 3. The molecule has 1 aromatic carbocycles. The van der Waals surface area contributed by atoms with Crippen molar-refractivity contribution >= 4 is 5.91 Å². The molecule has 0 aliphatic rings. The van der Waals surface area contributed by atoms with Gasteiger partial charge in [-0.05, 0) is 18.2 Å². The predicted octanol–water partition coefficient (Wildman–Crippen LogP) is 1.76. The lowest BCUT2D eigenvalue weighted by atomic mass is 10.1. The molecule has 3 rings (SSSR count). The second-order valence-corrected chi connectivity index (χ2v) is 4.20. The topological polar surface area (TPSA) is 107 Å². The highest BCUT2D eigenvalue weighted by molar-refractivity contribution is 5.94. The van der Waals surface area contributed by atoms with Gasteiger partial charge in [-0.1, -0.05) is 12.1 Å². The molecule has 0 spiro atoms. The molecule has 0 aliphatic carbocycles. The minimum absolute atomic E-state index is 0.122. The van der Waals surface area contributed by atoms with Gasteiger partial charge in [0, 0.05) is 18.0 Å². The lowest BCUT2D eigenvalue weighted by Gasteiger charge is -2.08. The number of hydrogen-bond acceptors (Lipinski definition) is 5. The summed E-state index contributed by atoms with van der Waals surface area (Å²) < 4.78 is 5.62. The number of carbonyl (C=O) groups is 1. The van der Waals surface area contributed by atoms with Gasteiger partial charge >= 0.3 is 0 Å². The number of ether oxygens (including phenoxy) is 1. The summed E-state index contributed by atoms with van der Waals surface area (Å²) in [5, 5.41) is 6.85. The highest BCUT2D eigenvalue weighted by Crippen LogP contribution is 2.26. The van der Waals surface area contributed by atoms with Crippen LogP contribution in [0.5, 0.6) is 11.6 Å². The largest absolute Gasteiger partial charge is 0.438 e. The smallest absolute Gasteiger partial charge is 0.255 e. The lowest BCUT2D eigenvalue weighted by molar-refractivity contribution is 0.0997. The van der Waals surface area contributed by atoms with E-state index in [0.717, 1.165) is 11.3 Å². The van der Waals surface area contributed by atoms with Crippen molar-refractivity contribution in [2.24, 2.45) is 5.73 Å².